The molecule has 156 valence electrons. The Hall–Kier alpha value is -3.75. The van der Waals surface area contributed by atoms with E-state index in [1.807, 2.05) is 6.07 Å². The average Bonchev–Trinajstić information content (AvgIpc) is 3.06. The van der Waals surface area contributed by atoms with Crippen LogP contribution in [0.15, 0.2) is 54.6 Å². The Labute approximate surface area is 171 Å². The Morgan fingerprint density at radius 2 is 1.60 bits per heavy atom. The predicted octanol–water partition coefficient (Wildman–Crippen LogP) is 2.27. The summed E-state index contributed by atoms with van der Waals surface area (Å²) in [5.41, 5.74) is 1.28. The van der Waals surface area contributed by atoms with E-state index in [0.29, 0.717) is 10.6 Å². The van der Waals surface area contributed by atoms with Gasteiger partial charge in [0.2, 0.25) is 0 Å². The summed E-state index contributed by atoms with van der Waals surface area (Å²) < 4.78 is 18.3. The quantitative estimate of drug-likeness (QED) is 0.698. The average molecular weight is 414 g/mol. The summed E-state index contributed by atoms with van der Waals surface area (Å²) in [6, 6.07) is 13.0. The van der Waals surface area contributed by atoms with Crippen LogP contribution >= 0.6 is 0 Å². The van der Waals surface area contributed by atoms with Crippen molar-refractivity contribution < 1.29 is 33.1 Å². The third-order valence-electron chi connectivity index (χ3n) is 4.33. The van der Waals surface area contributed by atoms with Crippen LogP contribution in [-0.2, 0) is 37.0 Å². The fourth-order valence-electron chi connectivity index (χ4n) is 2.77. The summed E-state index contributed by atoms with van der Waals surface area (Å²) in [7, 11) is 0. The molecule has 0 bridgehead atoms. The molecule has 2 aromatic rings. The molecule has 0 spiro atoms. The molecule has 1 heterocycles. The topological polar surface area (TPSA) is 102 Å². The van der Waals surface area contributed by atoms with Crippen molar-refractivity contribution in [3.8, 4) is 0 Å². The minimum atomic E-state index is -1.26. The first kappa shape index (κ1) is 21.0. The lowest BCUT2D eigenvalue weighted by molar-refractivity contribution is -0.198. The monoisotopic (exact) mass is 414 g/mol. The van der Waals surface area contributed by atoms with Crippen LogP contribution < -0.4 is 5.32 Å². The Morgan fingerprint density at radius 1 is 0.967 bits per heavy atom. The molecule has 1 aliphatic heterocycles. The van der Waals surface area contributed by atoms with E-state index < -0.39 is 35.7 Å². The second-order valence-corrected chi connectivity index (χ2v) is 6.58. The standard InChI is InChI=1S/C21H19FN2O6/c22-16-8-6-14(7-9-16)12-17(20(27)30-24-18(25)10-11-19(24)26)23-21(28)29-13-15-4-2-1-3-5-15/h1-9,17H,10-13H2,(H,23,28)/t17-/m0/s1. The van der Waals surface area contributed by atoms with Gasteiger partial charge in [-0.25, -0.2) is 14.0 Å². The SMILES string of the molecule is O=C(N[C@@H](Cc1ccc(F)cc1)C(=O)ON1C(=O)CCC1=O)OCc1ccccc1. The number of nitrogens with zero attached hydrogens (tertiary/aromatic N) is 1. The van der Waals surface area contributed by atoms with E-state index in [0.717, 1.165) is 5.56 Å². The maximum absolute atomic E-state index is 13.1. The lowest BCUT2D eigenvalue weighted by Crippen LogP contribution is -2.46. The number of hydroxylamine groups is 2. The third-order valence-corrected chi connectivity index (χ3v) is 4.33. The molecular formula is C21H19FN2O6. The number of nitrogens with one attached hydrogen (secondary N) is 1. The van der Waals surface area contributed by atoms with Crippen LogP contribution in [0.4, 0.5) is 9.18 Å². The Balaban J connectivity index is 1.67. The van der Waals surface area contributed by atoms with Gasteiger partial charge < -0.3 is 14.9 Å². The van der Waals surface area contributed by atoms with E-state index in [1.165, 1.54) is 24.3 Å². The number of ether oxygens (including phenoxy) is 1. The Kier molecular flexibility index (Phi) is 6.74. The van der Waals surface area contributed by atoms with Gasteiger partial charge in [0.05, 0.1) is 0 Å². The van der Waals surface area contributed by atoms with Crippen molar-refractivity contribution in [1.82, 2.24) is 10.4 Å². The molecule has 0 radical (unpaired) electrons. The fourth-order valence-corrected chi connectivity index (χ4v) is 2.77. The molecule has 1 N–H and O–H groups in total. The van der Waals surface area contributed by atoms with E-state index in [1.54, 1.807) is 24.3 Å². The van der Waals surface area contributed by atoms with Gasteiger partial charge in [0.25, 0.3) is 11.8 Å². The lowest BCUT2D eigenvalue weighted by atomic mass is 10.1. The maximum atomic E-state index is 13.1. The number of carbonyl (C=O) groups excluding carboxylic acids is 4. The van der Waals surface area contributed by atoms with Gasteiger partial charge in [0.15, 0.2) is 0 Å². The van der Waals surface area contributed by atoms with Crippen molar-refractivity contribution in [2.24, 2.45) is 0 Å². The summed E-state index contributed by atoms with van der Waals surface area (Å²) >= 11 is 0. The first-order valence-electron chi connectivity index (χ1n) is 9.21. The molecule has 8 nitrogen and oxygen atoms in total. The van der Waals surface area contributed by atoms with Crippen LogP contribution in [0.2, 0.25) is 0 Å². The Morgan fingerprint density at radius 3 is 2.23 bits per heavy atom. The number of hydrogen-bond donors (Lipinski definition) is 1. The summed E-state index contributed by atoms with van der Waals surface area (Å²) in [4.78, 5) is 53.0. The summed E-state index contributed by atoms with van der Waals surface area (Å²) in [5.74, 6) is -2.75. The molecule has 2 aromatic carbocycles. The summed E-state index contributed by atoms with van der Waals surface area (Å²) in [6.07, 6.45) is -1.06. The highest BCUT2D eigenvalue weighted by atomic mass is 19.1. The van der Waals surface area contributed by atoms with Crippen LogP contribution in [0.3, 0.4) is 0 Å². The second kappa shape index (κ2) is 9.64. The van der Waals surface area contributed by atoms with Crippen molar-refractivity contribution in [3.05, 3.63) is 71.5 Å². The van der Waals surface area contributed by atoms with Crippen molar-refractivity contribution in [2.75, 3.05) is 0 Å². The van der Waals surface area contributed by atoms with E-state index >= 15 is 0 Å². The molecule has 1 atom stereocenters. The molecular weight excluding hydrogens is 395 g/mol. The van der Waals surface area contributed by atoms with Crippen LogP contribution in [0.25, 0.3) is 0 Å². The van der Waals surface area contributed by atoms with Crippen molar-refractivity contribution in [3.63, 3.8) is 0 Å². The van der Waals surface area contributed by atoms with Crippen LogP contribution in [0.1, 0.15) is 24.0 Å². The van der Waals surface area contributed by atoms with Gasteiger partial charge in [0, 0.05) is 19.3 Å². The van der Waals surface area contributed by atoms with Gasteiger partial charge in [-0.1, -0.05) is 42.5 Å². The minimum absolute atomic E-state index is 0.0198. The molecule has 30 heavy (non-hydrogen) atoms. The number of hydrogen-bond acceptors (Lipinski definition) is 6. The van der Waals surface area contributed by atoms with E-state index in [4.69, 9.17) is 9.57 Å². The number of halogens is 1. The predicted molar refractivity (Wildman–Crippen MR) is 101 cm³/mol. The van der Waals surface area contributed by atoms with Gasteiger partial charge in [-0.2, -0.15) is 0 Å². The molecule has 1 aliphatic rings. The van der Waals surface area contributed by atoms with Gasteiger partial charge in [-0.15, -0.1) is 5.06 Å². The summed E-state index contributed by atoms with van der Waals surface area (Å²) in [5, 5.41) is 2.77. The molecule has 3 amide bonds. The third kappa shape index (κ3) is 5.63. The van der Waals surface area contributed by atoms with Crippen molar-refractivity contribution >= 4 is 23.9 Å². The highest BCUT2D eigenvalue weighted by molar-refractivity contribution is 6.01. The highest BCUT2D eigenvalue weighted by Gasteiger charge is 2.35. The largest absolute Gasteiger partial charge is 0.445 e. The Bertz CT molecular complexity index is 916. The van der Waals surface area contributed by atoms with E-state index in [2.05, 4.69) is 5.32 Å². The highest BCUT2D eigenvalue weighted by Crippen LogP contribution is 2.14. The lowest BCUT2D eigenvalue weighted by Gasteiger charge is -2.20. The van der Waals surface area contributed by atoms with Crippen molar-refractivity contribution in [2.45, 2.75) is 31.9 Å². The number of rotatable bonds is 7. The number of alkyl carbamates (subject to hydrolysis) is 1. The smallest absolute Gasteiger partial charge is 0.408 e. The number of carbonyl (C=O) groups is 4. The van der Waals surface area contributed by atoms with Gasteiger partial charge in [0.1, 0.15) is 18.5 Å². The minimum Gasteiger partial charge on any atom is -0.445 e. The van der Waals surface area contributed by atoms with E-state index in [9.17, 15) is 23.6 Å². The molecule has 9 heteroatoms. The van der Waals surface area contributed by atoms with Gasteiger partial charge >= 0.3 is 12.1 Å². The molecule has 0 unspecified atom stereocenters. The van der Waals surface area contributed by atoms with Crippen LogP contribution in [-0.4, -0.2) is 35.0 Å². The van der Waals surface area contributed by atoms with Gasteiger partial charge in [-0.05, 0) is 23.3 Å². The van der Waals surface area contributed by atoms with Crippen LogP contribution in [0.5, 0.6) is 0 Å². The van der Waals surface area contributed by atoms with Crippen LogP contribution in [0, 0.1) is 5.82 Å². The molecule has 0 saturated carbocycles. The zero-order chi connectivity index (χ0) is 21.5. The zero-order valence-electron chi connectivity index (χ0n) is 15.9. The molecule has 0 aliphatic carbocycles. The number of amides is 3. The first-order chi connectivity index (χ1) is 14.4. The molecule has 1 fully saturated rings. The van der Waals surface area contributed by atoms with Gasteiger partial charge in [-0.3, -0.25) is 9.59 Å². The summed E-state index contributed by atoms with van der Waals surface area (Å²) in [6.45, 7) is -0.0198. The van der Waals surface area contributed by atoms with Crippen molar-refractivity contribution in [1.29, 1.82) is 0 Å². The number of benzene rings is 2. The second-order valence-electron chi connectivity index (χ2n) is 6.58. The fraction of sp³-hybridized carbons (Fsp3) is 0.238. The molecule has 0 aromatic heterocycles. The number of imide groups is 1. The molecule has 1 saturated heterocycles. The zero-order valence-corrected chi connectivity index (χ0v) is 15.9. The molecule has 3 rings (SSSR count). The van der Waals surface area contributed by atoms with E-state index in [-0.39, 0.29) is 25.9 Å². The maximum Gasteiger partial charge on any atom is 0.408 e. The normalized spacial score (nSPS) is 14.4. The first-order valence-corrected chi connectivity index (χ1v) is 9.21.